The zero-order valence-corrected chi connectivity index (χ0v) is 17.1. The Labute approximate surface area is 176 Å². The molecule has 5 rings (SSSR count). The van der Waals surface area contributed by atoms with Crippen LogP contribution in [0.3, 0.4) is 0 Å². The topological polar surface area (TPSA) is 64.6 Å². The van der Waals surface area contributed by atoms with Crippen LogP contribution in [-0.2, 0) is 6.54 Å². The first-order chi connectivity index (χ1) is 14.6. The summed E-state index contributed by atoms with van der Waals surface area (Å²) in [7, 11) is 4.12. The Balaban J connectivity index is 1.47. The van der Waals surface area contributed by atoms with Gasteiger partial charge in [0, 0.05) is 31.3 Å². The number of nitrogens with one attached hydrogen (secondary N) is 1. The first-order valence-corrected chi connectivity index (χ1v) is 10.1. The van der Waals surface area contributed by atoms with Crippen LogP contribution in [0.15, 0.2) is 60.8 Å². The molecule has 0 saturated carbocycles. The lowest BCUT2D eigenvalue weighted by molar-refractivity contribution is 0.252. The Kier molecular flexibility index (Phi) is 4.59. The molecule has 0 aliphatic carbocycles. The van der Waals surface area contributed by atoms with Gasteiger partial charge in [-0.3, -0.25) is 10.2 Å². The highest BCUT2D eigenvalue weighted by Crippen LogP contribution is 2.45. The van der Waals surface area contributed by atoms with Crippen molar-refractivity contribution in [2.45, 2.75) is 19.1 Å². The molecule has 2 aliphatic rings. The van der Waals surface area contributed by atoms with E-state index >= 15 is 0 Å². The van der Waals surface area contributed by atoms with E-state index in [9.17, 15) is 4.79 Å². The number of benzene rings is 1. The maximum absolute atomic E-state index is 13.1. The molecule has 3 aromatic rings. The van der Waals surface area contributed by atoms with Crippen molar-refractivity contribution in [2.24, 2.45) is 0 Å². The summed E-state index contributed by atoms with van der Waals surface area (Å²) in [5.41, 5.74) is 4.16. The summed E-state index contributed by atoms with van der Waals surface area (Å²) in [5, 5.41) is 2.90. The molecule has 0 spiro atoms. The van der Waals surface area contributed by atoms with E-state index in [0.717, 1.165) is 36.5 Å². The van der Waals surface area contributed by atoms with Crippen LogP contribution in [0.25, 0.3) is 11.3 Å². The monoisotopic (exact) mass is 400 g/mol. The minimum Gasteiger partial charge on any atom is -0.347 e. The molecule has 1 fully saturated rings. The van der Waals surface area contributed by atoms with Crippen molar-refractivity contribution >= 4 is 23.4 Å². The van der Waals surface area contributed by atoms with Crippen molar-refractivity contribution in [1.29, 1.82) is 0 Å². The number of aromatic nitrogens is 2. The SMILES string of the molecule is CN(C)Cc1cccc(-c2ccc3c(n2)N(C(=O)Nc2ccccn2)[C@H]2CCN32)c1. The summed E-state index contributed by atoms with van der Waals surface area (Å²) >= 11 is 0. The maximum atomic E-state index is 13.1. The zero-order valence-electron chi connectivity index (χ0n) is 17.1. The number of rotatable bonds is 4. The van der Waals surface area contributed by atoms with Gasteiger partial charge in [0.05, 0.1) is 11.4 Å². The zero-order chi connectivity index (χ0) is 20.7. The largest absolute Gasteiger partial charge is 0.347 e. The van der Waals surface area contributed by atoms with Crippen molar-refractivity contribution < 1.29 is 4.79 Å². The highest BCUT2D eigenvalue weighted by Gasteiger charge is 2.46. The van der Waals surface area contributed by atoms with Crippen molar-refractivity contribution in [2.75, 3.05) is 35.8 Å². The van der Waals surface area contributed by atoms with Gasteiger partial charge in [0.15, 0.2) is 5.82 Å². The van der Waals surface area contributed by atoms with Crippen molar-refractivity contribution in [3.63, 3.8) is 0 Å². The Bertz CT molecular complexity index is 1080. The Morgan fingerprint density at radius 2 is 2.07 bits per heavy atom. The smallest absolute Gasteiger partial charge is 0.330 e. The van der Waals surface area contributed by atoms with E-state index in [2.05, 4.69) is 64.5 Å². The molecule has 1 aromatic carbocycles. The minimum atomic E-state index is -0.201. The fraction of sp³-hybridized carbons (Fsp3) is 0.261. The number of carbonyl (C=O) groups excluding carboxylic acids is 1. The molecule has 0 unspecified atom stereocenters. The molecular formula is C23H24N6O. The third-order valence-corrected chi connectivity index (χ3v) is 5.52. The Morgan fingerprint density at radius 3 is 2.80 bits per heavy atom. The van der Waals surface area contributed by atoms with Gasteiger partial charge in [0.2, 0.25) is 0 Å². The van der Waals surface area contributed by atoms with Crippen LogP contribution < -0.4 is 15.1 Å². The number of hydrogen-bond donors (Lipinski definition) is 1. The van der Waals surface area contributed by atoms with Gasteiger partial charge in [-0.1, -0.05) is 24.3 Å². The third kappa shape index (κ3) is 3.27. The normalized spacial score (nSPS) is 16.8. The molecule has 1 atom stereocenters. The van der Waals surface area contributed by atoms with Crippen molar-refractivity contribution in [3.05, 3.63) is 66.4 Å². The van der Waals surface area contributed by atoms with Crippen LogP contribution >= 0.6 is 0 Å². The number of carbonyl (C=O) groups is 1. The first-order valence-electron chi connectivity index (χ1n) is 10.1. The van der Waals surface area contributed by atoms with E-state index in [4.69, 9.17) is 4.98 Å². The summed E-state index contributed by atoms with van der Waals surface area (Å²) in [4.78, 5) is 28.4. The molecule has 2 amide bonds. The second-order valence-corrected chi connectivity index (χ2v) is 7.96. The predicted molar refractivity (Wildman–Crippen MR) is 119 cm³/mol. The molecule has 2 aromatic heterocycles. The second kappa shape index (κ2) is 7.42. The number of amides is 2. The van der Waals surface area contributed by atoms with Crippen LogP contribution in [-0.4, -0.2) is 47.7 Å². The maximum Gasteiger partial charge on any atom is 0.330 e. The van der Waals surface area contributed by atoms with Gasteiger partial charge in [-0.15, -0.1) is 0 Å². The average molecular weight is 400 g/mol. The number of anilines is 3. The summed E-state index contributed by atoms with van der Waals surface area (Å²) in [6.07, 6.45) is 2.62. The summed E-state index contributed by atoms with van der Waals surface area (Å²) in [6, 6.07) is 17.8. The van der Waals surface area contributed by atoms with E-state index in [1.165, 1.54) is 5.56 Å². The molecule has 30 heavy (non-hydrogen) atoms. The summed E-state index contributed by atoms with van der Waals surface area (Å²) in [6.45, 7) is 1.80. The number of urea groups is 1. The van der Waals surface area contributed by atoms with Gasteiger partial charge in [-0.05, 0) is 50.0 Å². The summed E-state index contributed by atoms with van der Waals surface area (Å²) < 4.78 is 0. The molecule has 7 heteroatoms. The van der Waals surface area contributed by atoms with Crippen LogP contribution in [0.4, 0.5) is 22.1 Å². The van der Waals surface area contributed by atoms with E-state index in [-0.39, 0.29) is 12.2 Å². The van der Waals surface area contributed by atoms with Gasteiger partial charge in [-0.2, -0.15) is 0 Å². The van der Waals surface area contributed by atoms with Gasteiger partial charge >= 0.3 is 6.03 Å². The minimum absolute atomic E-state index is 0.0199. The van der Waals surface area contributed by atoms with Crippen molar-refractivity contribution in [3.8, 4) is 11.3 Å². The van der Waals surface area contributed by atoms with Gasteiger partial charge < -0.3 is 9.80 Å². The molecule has 152 valence electrons. The van der Waals surface area contributed by atoms with Crippen LogP contribution in [0, 0.1) is 0 Å². The van der Waals surface area contributed by atoms with E-state index < -0.39 is 0 Å². The fourth-order valence-corrected chi connectivity index (χ4v) is 4.10. The molecule has 1 N–H and O–H groups in total. The number of hydrogen-bond acceptors (Lipinski definition) is 5. The molecule has 0 bridgehead atoms. The van der Waals surface area contributed by atoms with Crippen LogP contribution in [0.2, 0.25) is 0 Å². The van der Waals surface area contributed by atoms with Gasteiger partial charge in [-0.25, -0.2) is 14.8 Å². The molecule has 1 saturated heterocycles. The lowest BCUT2D eigenvalue weighted by atomic mass is 10.1. The van der Waals surface area contributed by atoms with E-state index in [0.29, 0.717) is 11.6 Å². The standard InChI is InChI=1S/C23H24N6O/c1-27(2)15-16-6-5-7-17(14-16)18-9-10-19-22(25-18)29(21-11-13-28(19)21)23(30)26-20-8-3-4-12-24-20/h3-10,12,14,21H,11,13,15H2,1-2H3,(H,24,26,30)/t21-/m0/s1. The summed E-state index contributed by atoms with van der Waals surface area (Å²) in [5.74, 6) is 1.25. The number of nitrogens with zero attached hydrogens (tertiary/aromatic N) is 5. The highest BCUT2D eigenvalue weighted by molar-refractivity contribution is 6.06. The predicted octanol–water partition coefficient (Wildman–Crippen LogP) is 3.79. The third-order valence-electron chi connectivity index (χ3n) is 5.52. The second-order valence-electron chi connectivity index (χ2n) is 7.96. The lowest BCUT2D eigenvalue weighted by Crippen LogP contribution is -2.56. The molecule has 2 aliphatic heterocycles. The molecular weight excluding hydrogens is 376 g/mol. The van der Waals surface area contributed by atoms with E-state index in [1.54, 1.807) is 17.2 Å². The van der Waals surface area contributed by atoms with Gasteiger partial charge in [0.1, 0.15) is 12.0 Å². The van der Waals surface area contributed by atoms with Crippen LogP contribution in [0.5, 0.6) is 0 Å². The first kappa shape index (κ1) is 18.6. The number of fused-ring (bicyclic) bond motifs is 3. The van der Waals surface area contributed by atoms with E-state index in [1.807, 2.05) is 18.2 Å². The Hall–Kier alpha value is -3.45. The quantitative estimate of drug-likeness (QED) is 0.722. The average Bonchev–Trinajstić information content (AvgIpc) is 2.94. The molecule has 4 heterocycles. The van der Waals surface area contributed by atoms with Gasteiger partial charge in [0.25, 0.3) is 0 Å². The number of pyridine rings is 2. The molecule has 7 nitrogen and oxygen atoms in total. The lowest BCUT2D eigenvalue weighted by Gasteiger charge is -2.39. The molecule has 0 radical (unpaired) electrons. The fourth-order valence-electron chi connectivity index (χ4n) is 4.10. The highest BCUT2D eigenvalue weighted by atomic mass is 16.2. The Morgan fingerprint density at radius 1 is 1.17 bits per heavy atom. The van der Waals surface area contributed by atoms with Crippen molar-refractivity contribution in [1.82, 2.24) is 14.9 Å². The van der Waals surface area contributed by atoms with Crippen LogP contribution in [0.1, 0.15) is 12.0 Å².